The molecule has 2 heterocycles. The van der Waals surface area contributed by atoms with Gasteiger partial charge in [0, 0.05) is 28.2 Å². The molecule has 4 aromatic rings. The fourth-order valence-electron chi connectivity index (χ4n) is 4.59. The topological polar surface area (TPSA) is 37.0 Å². The Bertz CT molecular complexity index is 1210. The Morgan fingerprint density at radius 1 is 1.03 bits per heavy atom. The molecule has 3 nitrogen and oxygen atoms in total. The first-order chi connectivity index (χ1) is 14.6. The molecule has 152 valence electrons. The minimum Gasteiger partial charge on any atom is -0.489 e. The minimum atomic E-state index is 0.139. The molecular weight excluding hydrogens is 392 g/mol. The van der Waals surface area contributed by atoms with E-state index in [2.05, 4.69) is 54.5 Å². The van der Waals surface area contributed by atoms with Crippen molar-refractivity contribution in [2.45, 2.75) is 32.9 Å². The van der Waals surface area contributed by atoms with E-state index in [4.69, 9.17) is 16.3 Å². The van der Waals surface area contributed by atoms with Gasteiger partial charge in [-0.1, -0.05) is 41.9 Å². The lowest BCUT2D eigenvalue weighted by Crippen LogP contribution is -2.30. The van der Waals surface area contributed by atoms with Gasteiger partial charge in [-0.2, -0.15) is 0 Å². The van der Waals surface area contributed by atoms with Crippen molar-refractivity contribution in [3.8, 4) is 5.75 Å². The summed E-state index contributed by atoms with van der Waals surface area (Å²) < 4.78 is 6.06. The largest absolute Gasteiger partial charge is 0.489 e. The van der Waals surface area contributed by atoms with Gasteiger partial charge in [-0.15, -0.1) is 0 Å². The van der Waals surface area contributed by atoms with Crippen molar-refractivity contribution in [1.29, 1.82) is 0 Å². The monoisotopic (exact) mass is 416 g/mol. The van der Waals surface area contributed by atoms with Gasteiger partial charge < -0.3 is 15.0 Å². The highest BCUT2D eigenvalue weighted by Crippen LogP contribution is 2.36. The van der Waals surface area contributed by atoms with Gasteiger partial charge in [-0.05, 0) is 78.4 Å². The van der Waals surface area contributed by atoms with Crippen LogP contribution in [0.5, 0.6) is 5.75 Å². The van der Waals surface area contributed by atoms with E-state index >= 15 is 0 Å². The SMILES string of the molecule is Cc1cc(C)c2c3c([nH]c2c1)C(c1cccc(OCc2ccc(Cl)cc2)c1)NCC3. The van der Waals surface area contributed by atoms with Crippen molar-refractivity contribution in [2.75, 3.05) is 6.54 Å². The number of aromatic nitrogens is 1. The number of aryl methyl sites for hydroxylation is 2. The van der Waals surface area contributed by atoms with Crippen molar-refractivity contribution >= 4 is 22.5 Å². The van der Waals surface area contributed by atoms with Crippen molar-refractivity contribution in [3.05, 3.63) is 99.2 Å². The second-order valence-corrected chi connectivity index (χ2v) is 8.58. The minimum absolute atomic E-state index is 0.139. The molecule has 1 unspecified atom stereocenters. The predicted molar refractivity (Wildman–Crippen MR) is 124 cm³/mol. The van der Waals surface area contributed by atoms with E-state index in [-0.39, 0.29) is 6.04 Å². The third kappa shape index (κ3) is 3.60. The Morgan fingerprint density at radius 2 is 1.87 bits per heavy atom. The molecule has 5 rings (SSSR count). The van der Waals surface area contributed by atoms with Crippen molar-refractivity contribution in [3.63, 3.8) is 0 Å². The number of H-pyrrole nitrogens is 1. The second-order valence-electron chi connectivity index (χ2n) is 8.15. The van der Waals surface area contributed by atoms with E-state index in [0.717, 1.165) is 29.3 Å². The fourth-order valence-corrected chi connectivity index (χ4v) is 4.71. The molecule has 4 heteroatoms. The average Bonchev–Trinajstić information content (AvgIpc) is 3.12. The number of fused-ring (bicyclic) bond motifs is 3. The summed E-state index contributed by atoms with van der Waals surface area (Å²) in [6, 6.07) is 20.8. The number of aromatic amines is 1. The Labute approximate surface area is 182 Å². The standard InChI is InChI=1S/C26H25ClN2O/c1-16-12-17(2)24-22-10-11-28-25(26(22)29-23(24)13-16)19-4-3-5-21(14-19)30-15-18-6-8-20(27)9-7-18/h3-9,12-14,25,28-29H,10-11,15H2,1-2H3. The molecule has 2 N–H and O–H groups in total. The van der Waals surface area contributed by atoms with Gasteiger partial charge in [-0.25, -0.2) is 0 Å². The quantitative estimate of drug-likeness (QED) is 0.412. The number of benzene rings is 3. The van der Waals surface area contributed by atoms with Crippen LogP contribution in [0, 0.1) is 13.8 Å². The maximum atomic E-state index is 6.06. The molecule has 1 aliphatic heterocycles. The summed E-state index contributed by atoms with van der Waals surface area (Å²) in [5, 5.41) is 5.82. The van der Waals surface area contributed by atoms with Crippen LogP contribution < -0.4 is 10.1 Å². The molecule has 0 radical (unpaired) electrons. The third-order valence-corrected chi connectivity index (χ3v) is 6.15. The highest BCUT2D eigenvalue weighted by Gasteiger charge is 2.26. The number of rotatable bonds is 4. The molecule has 0 fully saturated rings. The highest BCUT2D eigenvalue weighted by atomic mass is 35.5. The first kappa shape index (κ1) is 19.2. The Kier molecular flexibility index (Phi) is 5.01. The van der Waals surface area contributed by atoms with Crippen LogP contribution >= 0.6 is 11.6 Å². The number of halogens is 1. The zero-order valence-corrected chi connectivity index (χ0v) is 18.0. The Hall–Kier alpha value is -2.75. The third-order valence-electron chi connectivity index (χ3n) is 5.90. The summed E-state index contributed by atoms with van der Waals surface area (Å²) >= 11 is 5.97. The van der Waals surface area contributed by atoms with Crippen LogP contribution in [0.25, 0.3) is 10.9 Å². The Balaban J connectivity index is 1.45. The second kappa shape index (κ2) is 7.82. The van der Waals surface area contributed by atoms with Gasteiger partial charge in [0.1, 0.15) is 12.4 Å². The van der Waals surface area contributed by atoms with E-state index in [1.54, 1.807) is 0 Å². The van der Waals surface area contributed by atoms with E-state index in [1.807, 2.05) is 30.3 Å². The van der Waals surface area contributed by atoms with Crippen LogP contribution in [0.3, 0.4) is 0 Å². The lowest BCUT2D eigenvalue weighted by molar-refractivity contribution is 0.305. The van der Waals surface area contributed by atoms with E-state index < -0.39 is 0 Å². The molecule has 1 aromatic heterocycles. The summed E-state index contributed by atoms with van der Waals surface area (Å²) in [4.78, 5) is 3.71. The van der Waals surface area contributed by atoms with Crippen LogP contribution in [-0.2, 0) is 13.0 Å². The number of hydrogen-bond acceptors (Lipinski definition) is 2. The summed E-state index contributed by atoms with van der Waals surface area (Å²) in [5.41, 5.74) is 8.92. The molecule has 1 atom stereocenters. The summed E-state index contributed by atoms with van der Waals surface area (Å²) in [7, 11) is 0. The average molecular weight is 417 g/mol. The zero-order valence-electron chi connectivity index (χ0n) is 17.3. The number of ether oxygens (including phenoxy) is 1. The van der Waals surface area contributed by atoms with Crippen molar-refractivity contribution in [1.82, 2.24) is 10.3 Å². The highest BCUT2D eigenvalue weighted by molar-refractivity contribution is 6.30. The number of nitrogens with one attached hydrogen (secondary N) is 2. The van der Waals surface area contributed by atoms with Crippen LogP contribution in [-0.4, -0.2) is 11.5 Å². The van der Waals surface area contributed by atoms with E-state index in [9.17, 15) is 0 Å². The predicted octanol–water partition coefficient (Wildman–Crippen LogP) is 6.25. The summed E-state index contributed by atoms with van der Waals surface area (Å²) in [6.45, 7) is 5.86. The van der Waals surface area contributed by atoms with E-state index in [1.165, 1.54) is 38.9 Å². The van der Waals surface area contributed by atoms with Gasteiger partial charge in [-0.3, -0.25) is 0 Å². The van der Waals surface area contributed by atoms with Gasteiger partial charge >= 0.3 is 0 Å². The summed E-state index contributed by atoms with van der Waals surface area (Å²) in [5.74, 6) is 0.875. The van der Waals surface area contributed by atoms with Gasteiger partial charge in [0.25, 0.3) is 0 Å². The first-order valence-corrected chi connectivity index (χ1v) is 10.8. The Morgan fingerprint density at radius 3 is 2.70 bits per heavy atom. The molecular formula is C26H25ClN2O. The van der Waals surface area contributed by atoms with E-state index in [0.29, 0.717) is 6.61 Å². The van der Waals surface area contributed by atoms with Gasteiger partial charge in [0.2, 0.25) is 0 Å². The lowest BCUT2D eigenvalue weighted by atomic mass is 9.93. The van der Waals surface area contributed by atoms with Crippen LogP contribution in [0.2, 0.25) is 5.02 Å². The maximum Gasteiger partial charge on any atom is 0.120 e. The molecule has 3 aromatic carbocycles. The molecule has 0 amide bonds. The molecule has 0 saturated heterocycles. The fraction of sp³-hybridized carbons (Fsp3) is 0.231. The zero-order chi connectivity index (χ0) is 20.7. The molecule has 0 bridgehead atoms. The maximum absolute atomic E-state index is 6.06. The number of hydrogen-bond donors (Lipinski definition) is 2. The molecule has 0 aliphatic carbocycles. The molecule has 1 aliphatic rings. The van der Waals surface area contributed by atoms with Crippen molar-refractivity contribution < 1.29 is 4.74 Å². The van der Waals surface area contributed by atoms with Crippen LogP contribution in [0.1, 0.15) is 39.6 Å². The first-order valence-electron chi connectivity index (χ1n) is 10.4. The summed E-state index contributed by atoms with van der Waals surface area (Å²) in [6.07, 6.45) is 1.04. The molecule has 30 heavy (non-hydrogen) atoms. The van der Waals surface area contributed by atoms with Crippen LogP contribution in [0.15, 0.2) is 60.7 Å². The smallest absolute Gasteiger partial charge is 0.120 e. The molecule has 0 saturated carbocycles. The van der Waals surface area contributed by atoms with Gasteiger partial charge in [0.15, 0.2) is 0 Å². The van der Waals surface area contributed by atoms with Crippen LogP contribution in [0.4, 0.5) is 0 Å². The van der Waals surface area contributed by atoms with Crippen molar-refractivity contribution in [2.24, 2.45) is 0 Å². The van der Waals surface area contributed by atoms with Gasteiger partial charge in [0.05, 0.1) is 6.04 Å². The normalized spacial score (nSPS) is 15.9. The molecule has 0 spiro atoms. The lowest BCUT2D eigenvalue weighted by Gasteiger charge is -2.25.